The van der Waals surface area contributed by atoms with Gasteiger partial charge in [0, 0.05) is 19.4 Å². The number of unbranched alkanes of at least 4 members (excludes halogenated alkanes) is 11. The number of nitrogens with one attached hydrogen (secondary N) is 1. The van der Waals surface area contributed by atoms with Crippen molar-refractivity contribution in [2.45, 2.75) is 161 Å². The van der Waals surface area contributed by atoms with Crippen LogP contribution in [0.1, 0.15) is 155 Å². The molecular formula is C46H78NO8P. The van der Waals surface area contributed by atoms with Crippen molar-refractivity contribution in [3.8, 4) is 0 Å². The van der Waals surface area contributed by atoms with Crippen molar-refractivity contribution in [2.24, 2.45) is 0 Å². The number of allylic oxidation sites excluding steroid dienone is 14. The molecule has 0 spiro atoms. The number of likely N-dealkylation sites (N-methyl/N-ethyl adjacent to an activating group) is 1. The number of phosphoric acid groups is 1. The van der Waals surface area contributed by atoms with E-state index in [1.165, 1.54) is 38.5 Å². The van der Waals surface area contributed by atoms with Crippen LogP contribution in [-0.2, 0) is 32.7 Å². The minimum atomic E-state index is -4.37. The normalized spacial score (nSPS) is 14.1. The first-order valence-corrected chi connectivity index (χ1v) is 23.0. The second kappa shape index (κ2) is 41.8. The third kappa shape index (κ3) is 40.8. The molecule has 2 atom stereocenters. The predicted octanol–water partition coefficient (Wildman–Crippen LogP) is 12.3. The lowest BCUT2D eigenvalue weighted by atomic mass is 10.1. The summed E-state index contributed by atoms with van der Waals surface area (Å²) in [4.78, 5) is 35.0. The van der Waals surface area contributed by atoms with E-state index in [-0.39, 0.29) is 26.1 Å². The second-order valence-electron chi connectivity index (χ2n) is 13.8. The van der Waals surface area contributed by atoms with Gasteiger partial charge in [0.05, 0.1) is 13.2 Å². The predicted molar refractivity (Wildman–Crippen MR) is 233 cm³/mol. The Kier molecular flexibility index (Phi) is 39.7. The number of esters is 2. The van der Waals surface area contributed by atoms with Crippen molar-refractivity contribution < 1.29 is 37.6 Å². The van der Waals surface area contributed by atoms with Crippen LogP contribution in [0.3, 0.4) is 0 Å². The summed E-state index contributed by atoms with van der Waals surface area (Å²) in [6.45, 7) is 3.99. The van der Waals surface area contributed by atoms with E-state index < -0.39 is 32.5 Å². The molecule has 0 bridgehead atoms. The van der Waals surface area contributed by atoms with Crippen molar-refractivity contribution in [1.82, 2.24) is 5.32 Å². The number of carbonyl (C=O) groups is 2. The fourth-order valence-electron chi connectivity index (χ4n) is 5.26. The van der Waals surface area contributed by atoms with Crippen LogP contribution < -0.4 is 5.32 Å². The fraction of sp³-hybridized carbons (Fsp3) is 0.652. The molecule has 9 nitrogen and oxygen atoms in total. The summed E-state index contributed by atoms with van der Waals surface area (Å²) in [6, 6.07) is 0. The summed E-state index contributed by atoms with van der Waals surface area (Å²) in [5.74, 6) is -0.904. The molecule has 0 heterocycles. The molecule has 0 aliphatic rings. The Balaban J connectivity index is 4.38. The third-order valence-corrected chi connectivity index (χ3v) is 9.48. The van der Waals surface area contributed by atoms with Crippen LogP contribution in [0.5, 0.6) is 0 Å². The Morgan fingerprint density at radius 3 is 1.57 bits per heavy atom. The number of rotatable bonds is 39. The molecule has 320 valence electrons. The molecule has 0 aromatic carbocycles. The van der Waals surface area contributed by atoms with Crippen molar-refractivity contribution in [1.29, 1.82) is 0 Å². The van der Waals surface area contributed by atoms with E-state index in [1.54, 1.807) is 7.05 Å². The van der Waals surface area contributed by atoms with Crippen molar-refractivity contribution in [3.05, 3.63) is 85.1 Å². The first-order valence-electron chi connectivity index (χ1n) is 21.5. The van der Waals surface area contributed by atoms with Gasteiger partial charge in [-0.25, -0.2) is 4.57 Å². The molecule has 56 heavy (non-hydrogen) atoms. The largest absolute Gasteiger partial charge is 0.472 e. The monoisotopic (exact) mass is 804 g/mol. The lowest BCUT2D eigenvalue weighted by molar-refractivity contribution is -0.161. The Hall–Kier alpha value is -2.81. The quantitative estimate of drug-likeness (QED) is 0.0271. The lowest BCUT2D eigenvalue weighted by Gasteiger charge is -2.20. The highest BCUT2D eigenvalue weighted by molar-refractivity contribution is 7.47. The molecule has 0 aromatic rings. The summed E-state index contributed by atoms with van der Waals surface area (Å²) in [6.07, 6.45) is 50.6. The van der Waals surface area contributed by atoms with Gasteiger partial charge in [-0.05, 0) is 90.5 Å². The molecule has 2 unspecified atom stereocenters. The fourth-order valence-corrected chi connectivity index (χ4v) is 6.02. The van der Waals surface area contributed by atoms with E-state index in [9.17, 15) is 19.0 Å². The first kappa shape index (κ1) is 53.2. The third-order valence-electron chi connectivity index (χ3n) is 8.50. The summed E-state index contributed by atoms with van der Waals surface area (Å²) < 4.78 is 33.1. The van der Waals surface area contributed by atoms with Gasteiger partial charge in [0.2, 0.25) is 0 Å². The Morgan fingerprint density at radius 1 is 0.571 bits per heavy atom. The second-order valence-corrected chi connectivity index (χ2v) is 15.2. The summed E-state index contributed by atoms with van der Waals surface area (Å²) in [7, 11) is -2.68. The first-order chi connectivity index (χ1) is 27.3. The molecule has 0 saturated carbocycles. The van der Waals surface area contributed by atoms with Crippen LogP contribution in [-0.4, -0.2) is 56.3 Å². The molecular weight excluding hydrogens is 725 g/mol. The summed E-state index contributed by atoms with van der Waals surface area (Å²) in [5, 5.41) is 2.81. The SMILES string of the molecule is CC/C=C\C/C=C\C/C=C\C/C=C\CCCCCCC(=O)OCC(COP(=O)(O)OCCNC)OC(=O)CCC/C=C\C/C=C\C/C=C\CCCCCCCC. The van der Waals surface area contributed by atoms with Gasteiger partial charge in [0.25, 0.3) is 0 Å². The average molecular weight is 804 g/mol. The van der Waals surface area contributed by atoms with Crippen molar-refractivity contribution >= 4 is 19.8 Å². The van der Waals surface area contributed by atoms with Gasteiger partial charge in [0.1, 0.15) is 6.61 Å². The topological polar surface area (TPSA) is 120 Å². The van der Waals surface area contributed by atoms with Crippen LogP contribution in [0, 0.1) is 0 Å². The van der Waals surface area contributed by atoms with E-state index in [1.807, 2.05) is 6.08 Å². The van der Waals surface area contributed by atoms with E-state index >= 15 is 0 Å². The van der Waals surface area contributed by atoms with E-state index in [0.29, 0.717) is 25.8 Å². The van der Waals surface area contributed by atoms with Crippen LogP contribution in [0.2, 0.25) is 0 Å². The molecule has 0 amide bonds. The van der Waals surface area contributed by atoms with Gasteiger partial charge >= 0.3 is 19.8 Å². The van der Waals surface area contributed by atoms with E-state index in [4.69, 9.17) is 18.5 Å². The van der Waals surface area contributed by atoms with Crippen LogP contribution in [0.25, 0.3) is 0 Å². The maximum atomic E-state index is 12.6. The Labute approximate surface area is 341 Å². The standard InChI is InChI=1S/C46H78NO8P/c1-4-6-8-10-12-14-16-18-20-22-24-26-28-30-32-34-36-38-45(48)52-42-44(43-54-56(50,51)53-41-40-47-3)55-46(49)39-37-35-33-31-29-27-25-23-21-19-17-15-13-11-9-7-5-2/h6,8,12,14,18-21,24-27,31,33,44,47H,4-5,7,9-11,13,15-17,22-23,28-30,32,34-43H2,1-3H3,(H,50,51)/b8-6-,14-12-,20-18-,21-19-,26-24-,27-25-,33-31-. The van der Waals surface area contributed by atoms with Gasteiger partial charge in [-0.1, -0.05) is 144 Å². The highest BCUT2D eigenvalue weighted by Gasteiger charge is 2.26. The number of hydrogen-bond acceptors (Lipinski definition) is 8. The van der Waals surface area contributed by atoms with Crippen LogP contribution >= 0.6 is 7.82 Å². The van der Waals surface area contributed by atoms with Crippen molar-refractivity contribution in [2.75, 3.05) is 33.4 Å². The van der Waals surface area contributed by atoms with Crippen molar-refractivity contribution in [3.63, 3.8) is 0 Å². The molecule has 10 heteroatoms. The molecule has 2 N–H and O–H groups in total. The zero-order valence-electron chi connectivity index (χ0n) is 35.3. The van der Waals surface area contributed by atoms with Gasteiger partial charge in [-0.3, -0.25) is 18.6 Å². The number of hydrogen-bond donors (Lipinski definition) is 2. The molecule has 0 aliphatic heterocycles. The van der Waals surface area contributed by atoms with Crippen LogP contribution in [0.4, 0.5) is 0 Å². The minimum Gasteiger partial charge on any atom is -0.462 e. The lowest BCUT2D eigenvalue weighted by Crippen LogP contribution is -2.29. The highest BCUT2D eigenvalue weighted by atomic mass is 31.2. The van der Waals surface area contributed by atoms with Crippen LogP contribution in [0.15, 0.2) is 85.1 Å². The number of ether oxygens (including phenoxy) is 2. The molecule has 0 fully saturated rings. The van der Waals surface area contributed by atoms with Gasteiger partial charge in [-0.15, -0.1) is 0 Å². The molecule has 0 saturated heterocycles. The summed E-state index contributed by atoms with van der Waals surface area (Å²) >= 11 is 0. The average Bonchev–Trinajstić information content (AvgIpc) is 3.18. The summed E-state index contributed by atoms with van der Waals surface area (Å²) in [5.41, 5.74) is 0. The maximum Gasteiger partial charge on any atom is 0.472 e. The van der Waals surface area contributed by atoms with E-state index in [2.05, 4.69) is 98.2 Å². The van der Waals surface area contributed by atoms with Gasteiger partial charge in [0.15, 0.2) is 6.10 Å². The van der Waals surface area contributed by atoms with Gasteiger partial charge < -0.3 is 19.7 Å². The number of carbonyl (C=O) groups excluding carboxylic acids is 2. The Morgan fingerprint density at radius 2 is 1.04 bits per heavy atom. The number of phosphoric ester groups is 1. The molecule has 0 radical (unpaired) electrons. The zero-order valence-corrected chi connectivity index (χ0v) is 36.2. The highest BCUT2D eigenvalue weighted by Crippen LogP contribution is 2.43. The molecule has 0 rings (SSSR count). The van der Waals surface area contributed by atoms with E-state index in [0.717, 1.165) is 70.6 Å². The van der Waals surface area contributed by atoms with Gasteiger partial charge in [-0.2, -0.15) is 0 Å². The maximum absolute atomic E-state index is 12.6. The minimum absolute atomic E-state index is 0.0349. The zero-order chi connectivity index (χ0) is 41.1. The Bertz CT molecular complexity index is 1190. The smallest absolute Gasteiger partial charge is 0.462 e. The molecule has 0 aromatic heterocycles. The molecule has 0 aliphatic carbocycles.